The third-order valence-electron chi connectivity index (χ3n) is 5.06. The van der Waals surface area contributed by atoms with E-state index in [1.807, 2.05) is 17.0 Å². The molecule has 2 saturated heterocycles. The van der Waals surface area contributed by atoms with Gasteiger partial charge in [-0.05, 0) is 50.0 Å². The molecular formula is C19H28N4O2. The second kappa shape index (κ2) is 8.94. The molecule has 0 saturated carbocycles. The molecule has 1 atom stereocenters. The Bertz CT molecular complexity index is 570. The fourth-order valence-electron chi connectivity index (χ4n) is 3.63. The van der Waals surface area contributed by atoms with Crippen molar-refractivity contribution >= 4 is 11.8 Å². The lowest BCUT2D eigenvalue weighted by atomic mass is 10.2. The second-order valence-corrected chi connectivity index (χ2v) is 7.12. The molecular weight excluding hydrogens is 316 g/mol. The normalized spacial score (nSPS) is 21.6. The molecule has 2 aliphatic heterocycles. The molecule has 0 unspecified atom stereocenters. The number of hydrogen-bond donors (Lipinski definition) is 1. The predicted molar refractivity (Wildman–Crippen MR) is 95.7 cm³/mol. The molecule has 0 radical (unpaired) electrons. The number of nitrogens with one attached hydrogen (secondary N) is 1. The van der Waals surface area contributed by atoms with Gasteiger partial charge in [0.2, 0.25) is 11.8 Å². The third kappa shape index (κ3) is 5.53. The maximum atomic E-state index is 13.0. The minimum Gasteiger partial charge on any atom is -0.352 e. The van der Waals surface area contributed by atoms with E-state index in [4.69, 9.17) is 0 Å². The van der Waals surface area contributed by atoms with Gasteiger partial charge in [-0.25, -0.2) is 0 Å². The van der Waals surface area contributed by atoms with Crippen molar-refractivity contribution in [2.45, 2.75) is 51.1 Å². The molecule has 0 aliphatic carbocycles. The SMILES string of the molecule is O=C1CC[C@@H](CN(Cc2ccncc2)C(=O)CN2CCCCCC2)N1. The molecule has 6 nitrogen and oxygen atoms in total. The summed E-state index contributed by atoms with van der Waals surface area (Å²) < 4.78 is 0. The molecule has 6 heteroatoms. The number of carbonyl (C=O) groups is 2. The van der Waals surface area contributed by atoms with E-state index in [0.717, 1.165) is 25.1 Å². The fraction of sp³-hybridized carbons (Fsp3) is 0.632. The summed E-state index contributed by atoms with van der Waals surface area (Å²) >= 11 is 0. The van der Waals surface area contributed by atoms with Gasteiger partial charge in [-0.15, -0.1) is 0 Å². The standard InChI is InChI=1S/C19H28N4O2/c24-18-6-5-17(21-18)14-23(13-16-7-9-20-10-8-16)19(25)15-22-11-3-1-2-4-12-22/h7-10,17H,1-6,11-15H2,(H,21,24)/t17-/m0/s1. The highest BCUT2D eigenvalue weighted by atomic mass is 16.2. The topological polar surface area (TPSA) is 65.5 Å². The zero-order valence-electron chi connectivity index (χ0n) is 14.8. The Morgan fingerprint density at radius 3 is 2.56 bits per heavy atom. The number of amides is 2. The minimum atomic E-state index is 0.0717. The van der Waals surface area contributed by atoms with Gasteiger partial charge in [0.1, 0.15) is 0 Å². The van der Waals surface area contributed by atoms with Crippen molar-refractivity contribution < 1.29 is 9.59 Å². The molecule has 3 rings (SSSR count). The summed E-state index contributed by atoms with van der Waals surface area (Å²) in [6, 6.07) is 3.96. The molecule has 2 amide bonds. The molecule has 1 aromatic rings. The Kier molecular flexibility index (Phi) is 6.39. The number of rotatable bonds is 6. The number of carbonyl (C=O) groups excluding carboxylic acids is 2. The van der Waals surface area contributed by atoms with Gasteiger partial charge >= 0.3 is 0 Å². The summed E-state index contributed by atoms with van der Waals surface area (Å²) in [6.07, 6.45) is 9.76. The van der Waals surface area contributed by atoms with E-state index in [2.05, 4.69) is 15.2 Å². The van der Waals surface area contributed by atoms with Gasteiger partial charge < -0.3 is 10.2 Å². The molecule has 2 aliphatic rings. The number of likely N-dealkylation sites (tertiary alicyclic amines) is 1. The zero-order chi connectivity index (χ0) is 17.5. The summed E-state index contributed by atoms with van der Waals surface area (Å²) in [7, 11) is 0. The monoisotopic (exact) mass is 344 g/mol. The van der Waals surface area contributed by atoms with Crippen LogP contribution in [0.4, 0.5) is 0 Å². The number of pyridine rings is 1. The molecule has 136 valence electrons. The molecule has 0 aromatic carbocycles. The molecule has 0 bridgehead atoms. The molecule has 2 fully saturated rings. The van der Waals surface area contributed by atoms with Crippen LogP contribution in [0.3, 0.4) is 0 Å². The van der Waals surface area contributed by atoms with Crippen LogP contribution in [0.15, 0.2) is 24.5 Å². The second-order valence-electron chi connectivity index (χ2n) is 7.12. The van der Waals surface area contributed by atoms with Crippen molar-refractivity contribution in [2.24, 2.45) is 0 Å². The lowest BCUT2D eigenvalue weighted by Gasteiger charge is -2.29. The van der Waals surface area contributed by atoms with E-state index >= 15 is 0 Å². The zero-order valence-corrected chi connectivity index (χ0v) is 14.8. The van der Waals surface area contributed by atoms with Gasteiger partial charge in [0, 0.05) is 37.9 Å². The molecule has 25 heavy (non-hydrogen) atoms. The van der Waals surface area contributed by atoms with Gasteiger partial charge in [0.15, 0.2) is 0 Å². The van der Waals surface area contributed by atoms with Gasteiger partial charge in [-0.2, -0.15) is 0 Å². The summed E-state index contributed by atoms with van der Waals surface area (Å²) in [5.41, 5.74) is 1.07. The van der Waals surface area contributed by atoms with Crippen LogP contribution in [0.1, 0.15) is 44.1 Å². The van der Waals surface area contributed by atoms with Gasteiger partial charge in [0.25, 0.3) is 0 Å². The van der Waals surface area contributed by atoms with Crippen molar-refractivity contribution in [3.8, 4) is 0 Å². The van der Waals surface area contributed by atoms with E-state index in [0.29, 0.717) is 26.1 Å². The van der Waals surface area contributed by atoms with Crippen molar-refractivity contribution in [2.75, 3.05) is 26.2 Å². The molecule has 3 heterocycles. The molecule has 1 N–H and O–H groups in total. The predicted octanol–water partition coefficient (Wildman–Crippen LogP) is 1.56. The van der Waals surface area contributed by atoms with Crippen molar-refractivity contribution in [3.05, 3.63) is 30.1 Å². The van der Waals surface area contributed by atoms with E-state index in [9.17, 15) is 9.59 Å². The maximum absolute atomic E-state index is 13.0. The number of aromatic nitrogens is 1. The van der Waals surface area contributed by atoms with E-state index in [1.165, 1.54) is 25.7 Å². The Morgan fingerprint density at radius 2 is 1.92 bits per heavy atom. The van der Waals surface area contributed by atoms with Crippen LogP contribution in [0.5, 0.6) is 0 Å². The lowest BCUT2D eigenvalue weighted by molar-refractivity contribution is -0.133. The highest BCUT2D eigenvalue weighted by Crippen LogP contribution is 2.14. The average Bonchev–Trinajstić information content (AvgIpc) is 2.86. The van der Waals surface area contributed by atoms with E-state index in [-0.39, 0.29) is 17.9 Å². The van der Waals surface area contributed by atoms with E-state index in [1.54, 1.807) is 12.4 Å². The van der Waals surface area contributed by atoms with Gasteiger partial charge in [-0.3, -0.25) is 19.5 Å². The average molecular weight is 344 g/mol. The highest BCUT2D eigenvalue weighted by molar-refractivity contribution is 5.80. The Balaban J connectivity index is 1.63. The Labute approximate surface area is 149 Å². The first kappa shape index (κ1) is 17.9. The van der Waals surface area contributed by atoms with Crippen LogP contribution in [0.2, 0.25) is 0 Å². The largest absolute Gasteiger partial charge is 0.352 e. The van der Waals surface area contributed by atoms with Crippen molar-refractivity contribution in [3.63, 3.8) is 0 Å². The summed E-state index contributed by atoms with van der Waals surface area (Å²) in [5.74, 6) is 0.244. The summed E-state index contributed by atoms with van der Waals surface area (Å²) in [4.78, 5) is 32.7. The van der Waals surface area contributed by atoms with Crippen LogP contribution < -0.4 is 5.32 Å². The van der Waals surface area contributed by atoms with Crippen LogP contribution in [0.25, 0.3) is 0 Å². The van der Waals surface area contributed by atoms with Gasteiger partial charge in [0.05, 0.1) is 6.54 Å². The maximum Gasteiger partial charge on any atom is 0.237 e. The first-order valence-electron chi connectivity index (χ1n) is 9.39. The van der Waals surface area contributed by atoms with Crippen molar-refractivity contribution in [1.82, 2.24) is 20.1 Å². The smallest absolute Gasteiger partial charge is 0.237 e. The number of nitrogens with zero attached hydrogens (tertiary/aromatic N) is 3. The first-order chi connectivity index (χ1) is 12.2. The Hall–Kier alpha value is -1.95. The van der Waals surface area contributed by atoms with Crippen LogP contribution in [-0.4, -0.2) is 58.8 Å². The highest BCUT2D eigenvalue weighted by Gasteiger charge is 2.26. The third-order valence-corrected chi connectivity index (χ3v) is 5.06. The summed E-state index contributed by atoms with van der Waals surface area (Å²) in [6.45, 7) is 3.65. The first-order valence-corrected chi connectivity index (χ1v) is 9.39. The van der Waals surface area contributed by atoms with Crippen molar-refractivity contribution in [1.29, 1.82) is 0 Å². The molecule has 0 spiro atoms. The quantitative estimate of drug-likeness (QED) is 0.851. The fourth-order valence-corrected chi connectivity index (χ4v) is 3.63. The minimum absolute atomic E-state index is 0.0717. The van der Waals surface area contributed by atoms with Gasteiger partial charge in [-0.1, -0.05) is 12.8 Å². The molecule has 1 aromatic heterocycles. The Morgan fingerprint density at radius 1 is 1.20 bits per heavy atom. The van der Waals surface area contributed by atoms with Crippen LogP contribution in [-0.2, 0) is 16.1 Å². The van der Waals surface area contributed by atoms with E-state index < -0.39 is 0 Å². The summed E-state index contributed by atoms with van der Waals surface area (Å²) in [5, 5.41) is 2.98. The number of hydrogen-bond acceptors (Lipinski definition) is 4. The lowest BCUT2D eigenvalue weighted by Crippen LogP contribution is -2.45. The van der Waals surface area contributed by atoms with Crippen LogP contribution in [0, 0.1) is 0 Å². The van der Waals surface area contributed by atoms with Crippen LogP contribution >= 0.6 is 0 Å².